The van der Waals surface area contributed by atoms with E-state index in [4.69, 9.17) is 0 Å². The fourth-order valence-corrected chi connectivity index (χ4v) is 3.37. The zero-order chi connectivity index (χ0) is 12.2. The van der Waals surface area contributed by atoms with Gasteiger partial charge in [0, 0.05) is 36.5 Å². The summed E-state index contributed by atoms with van der Waals surface area (Å²) in [5.41, 5.74) is 0.360. The SMILES string of the molecule is CCC1(CC)CN(C(C)CSC)C(C)CN1. The molecule has 0 aromatic heterocycles. The van der Waals surface area contributed by atoms with Crippen LogP contribution in [0.5, 0.6) is 0 Å². The van der Waals surface area contributed by atoms with Crippen molar-refractivity contribution in [2.45, 2.75) is 58.2 Å². The van der Waals surface area contributed by atoms with E-state index in [-0.39, 0.29) is 0 Å². The molecule has 1 saturated heterocycles. The van der Waals surface area contributed by atoms with Gasteiger partial charge in [0.05, 0.1) is 0 Å². The van der Waals surface area contributed by atoms with Gasteiger partial charge in [-0.1, -0.05) is 13.8 Å². The van der Waals surface area contributed by atoms with E-state index < -0.39 is 0 Å². The maximum atomic E-state index is 3.76. The highest BCUT2D eigenvalue weighted by atomic mass is 32.2. The van der Waals surface area contributed by atoms with Gasteiger partial charge in [0.1, 0.15) is 0 Å². The van der Waals surface area contributed by atoms with E-state index in [1.807, 2.05) is 11.8 Å². The van der Waals surface area contributed by atoms with Gasteiger partial charge in [-0.3, -0.25) is 4.90 Å². The van der Waals surface area contributed by atoms with Crippen molar-refractivity contribution in [2.24, 2.45) is 0 Å². The minimum Gasteiger partial charge on any atom is -0.308 e. The number of rotatable bonds is 5. The molecule has 0 bridgehead atoms. The Labute approximate surface area is 106 Å². The number of thioether (sulfide) groups is 1. The molecule has 0 spiro atoms. The van der Waals surface area contributed by atoms with Crippen molar-refractivity contribution in [1.82, 2.24) is 10.2 Å². The van der Waals surface area contributed by atoms with Gasteiger partial charge in [-0.15, -0.1) is 0 Å². The summed E-state index contributed by atoms with van der Waals surface area (Å²) >= 11 is 1.96. The van der Waals surface area contributed by atoms with Crippen LogP contribution in [0.15, 0.2) is 0 Å². The summed E-state index contributed by atoms with van der Waals surface area (Å²) in [4.78, 5) is 2.69. The number of nitrogens with one attached hydrogen (secondary N) is 1. The molecule has 0 radical (unpaired) electrons. The van der Waals surface area contributed by atoms with E-state index in [1.165, 1.54) is 25.1 Å². The molecular weight excluding hydrogens is 216 g/mol. The predicted octanol–water partition coefficient (Wildman–Crippen LogP) is 2.59. The van der Waals surface area contributed by atoms with Crippen LogP contribution in [0.2, 0.25) is 0 Å². The highest BCUT2D eigenvalue weighted by Crippen LogP contribution is 2.24. The van der Waals surface area contributed by atoms with Gasteiger partial charge in [0.25, 0.3) is 0 Å². The molecule has 16 heavy (non-hydrogen) atoms. The minimum absolute atomic E-state index is 0.360. The van der Waals surface area contributed by atoms with Crippen molar-refractivity contribution < 1.29 is 0 Å². The van der Waals surface area contributed by atoms with Crippen molar-refractivity contribution in [2.75, 3.05) is 25.1 Å². The van der Waals surface area contributed by atoms with Crippen LogP contribution in [-0.2, 0) is 0 Å². The summed E-state index contributed by atoms with van der Waals surface area (Å²) in [7, 11) is 0. The second-order valence-corrected chi connectivity index (χ2v) is 6.10. The van der Waals surface area contributed by atoms with Gasteiger partial charge in [-0.2, -0.15) is 11.8 Å². The van der Waals surface area contributed by atoms with Gasteiger partial charge in [0.2, 0.25) is 0 Å². The van der Waals surface area contributed by atoms with Gasteiger partial charge in [-0.25, -0.2) is 0 Å². The van der Waals surface area contributed by atoms with E-state index in [1.54, 1.807) is 0 Å². The molecule has 0 aromatic rings. The second-order valence-electron chi connectivity index (χ2n) is 5.19. The summed E-state index contributed by atoms with van der Waals surface area (Å²) in [5.74, 6) is 1.24. The summed E-state index contributed by atoms with van der Waals surface area (Å²) in [6, 6.07) is 1.37. The zero-order valence-electron chi connectivity index (χ0n) is 11.5. The lowest BCUT2D eigenvalue weighted by Gasteiger charge is -2.48. The predicted molar refractivity (Wildman–Crippen MR) is 75.3 cm³/mol. The molecule has 1 rings (SSSR count). The summed E-state index contributed by atoms with van der Waals surface area (Å²) in [6.07, 6.45) is 4.67. The smallest absolute Gasteiger partial charge is 0.0304 e. The molecule has 1 heterocycles. The Balaban J connectivity index is 2.67. The zero-order valence-corrected chi connectivity index (χ0v) is 12.4. The van der Waals surface area contributed by atoms with Crippen molar-refractivity contribution in [3.05, 3.63) is 0 Å². The first-order valence-corrected chi connectivity index (χ1v) is 7.97. The summed E-state index contributed by atoms with van der Waals surface area (Å²) < 4.78 is 0. The monoisotopic (exact) mass is 244 g/mol. The van der Waals surface area contributed by atoms with Gasteiger partial charge in [-0.05, 0) is 32.9 Å². The van der Waals surface area contributed by atoms with Crippen LogP contribution in [0.3, 0.4) is 0 Å². The molecule has 0 aliphatic carbocycles. The third kappa shape index (κ3) is 3.14. The first-order chi connectivity index (χ1) is 7.58. The van der Waals surface area contributed by atoms with Crippen molar-refractivity contribution in [3.8, 4) is 0 Å². The lowest BCUT2D eigenvalue weighted by atomic mass is 9.88. The summed E-state index contributed by atoms with van der Waals surface area (Å²) in [6.45, 7) is 11.7. The topological polar surface area (TPSA) is 15.3 Å². The summed E-state index contributed by atoms with van der Waals surface area (Å²) in [5, 5.41) is 3.76. The van der Waals surface area contributed by atoms with E-state index in [0.29, 0.717) is 17.6 Å². The molecule has 1 N–H and O–H groups in total. The van der Waals surface area contributed by atoms with Crippen LogP contribution in [0, 0.1) is 0 Å². The van der Waals surface area contributed by atoms with Crippen LogP contribution in [-0.4, -0.2) is 47.6 Å². The molecule has 1 fully saturated rings. The third-order valence-corrected chi connectivity index (χ3v) is 4.97. The fraction of sp³-hybridized carbons (Fsp3) is 1.00. The van der Waals surface area contributed by atoms with Gasteiger partial charge >= 0.3 is 0 Å². The standard InChI is InChI=1S/C13H28N2S/c1-6-13(7-2)10-15(11(3)8-14-13)12(4)9-16-5/h11-12,14H,6-10H2,1-5H3. The van der Waals surface area contributed by atoms with E-state index in [0.717, 1.165) is 6.54 Å². The average Bonchev–Trinajstić information content (AvgIpc) is 2.30. The Morgan fingerprint density at radius 2 is 2.06 bits per heavy atom. The Morgan fingerprint density at radius 1 is 1.44 bits per heavy atom. The average molecular weight is 244 g/mol. The Morgan fingerprint density at radius 3 is 2.56 bits per heavy atom. The fourth-order valence-electron chi connectivity index (χ4n) is 2.69. The molecule has 1 aliphatic heterocycles. The van der Waals surface area contributed by atoms with Crippen molar-refractivity contribution >= 4 is 11.8 Å². The lowest BCUT2D eigenvalue weighted by Crippen LogP contribution is -2.65. The van der Waals surface area contributed by atoms with Gasteiger partial charge < -0.3 is 5.32 Å². The largest absolute Gasteiger partial charge is 0.308 e. The van der Waals surface area contributed by atoms with Crippen LogP contribution in [0.1, 0.15) is 40.5 Å². The molecule has 1 aliphatic rings. The third-order valence-electron chi connectivity index (χ3n) is 4.15. The number of nitrogens with zero attached hydrogens (tertiary/aromatic N) is 1. The molecule has 0 aromatic carbocycles. The molecule has 0 amide bonds. The highest BCUT2D eigenvalue weighted by Gasteiger charge is 2.36. The Bertz CT molecular complexity index is 204. The van der Waals surface area contributed by atoms with E-state index >= 15 is 0 Å². The maximum absolute atomic E-state index is 3.76. The molecule has 0 saturated carbocycles. The van der Waals surface area contributed by atoms with Crippen LogP contribution >= 0.6 is 11.8 Å². The number of hydrogen-bond donors (Lipinski definition) is 1. The Kier molecular flexibility index (Phi) is 5.62. The normalized spacial score (nSPS) is 27.9. The molecule has 2 nitrogen and oxygen atoms in total. The van der Waals surface area contributed by atoms with Crippen molar-refractivity contribution in [1.29, 1.82) is 0 Å². The lowest BCUT2D eigenvalue weighted by molar-refractivity contribution is 0.0576. The molecule has 3 heteroatoms. The van der Waals surface area contributed by atoms with Crippen LogP contribution in [0.4, 0.5) is 0 Å². The number of hydrogen-bond acceptors (Lipinski definition) is 3. The quantitative estimate of drug-likeness (QED) is 0.800. The van der Waals surface area contributed by atoms with Gasteiger partial charge in [0.15, 0.2) is 0 Å². The first-order valence-electron chi connectivity index (χ1n) is 6.58. The number of piperazine rings is 1. The highest BCUT2D eigenvalue weighted by molar-refractivity contribution is 7.98. The molecule has 2 atom stereocenters. The Hall–Kier alpha value is 0.270. The maximum Gasteiger partial charge on any atom is 0.0304 e. The van der Waals surface area contributed by atoms with E-state index in [9.17, 15) is 0 Å². The first kappa shape index (κ1) is 14.3. The van der Waals surface area contributed by atoms with Crippen LogP contribution < -0.4 is 5.32 Å². The van der Waals surface area contributed by atoms with Crippen molar-refractivity contribution in [3.63, 3.8) is 0 Å². The molecular formula is C13H28N2S. The second kappa shape index (κ2) is 6.27. The van der Waals surface area contributed by atoms with E-state index in [2.05, 4.69) is 44.2 Å². The minimum atomic E-state index is 0.360. The van der Waals surface area contributed by atoms with Crippen LogP contribution in [0.25, 0.3) is 0 Å². The molecule has 96 valence electrons. The molecule has 2 unspecified atom stereocenters.